The Balaban J connectivity index is 1.57. The Bertz CT molecular complexity index is 1260. The van der Waals surface area contributed by atoms with Crippen molar-refractivity contribution in [1.29, 1.82) is 0 Å². The molecule has 0 atom stereocenters. The molecule has 1 aliphatic rings. The van der Waals surface area contributed by atoms with Gasteiger partial charge in [0.2, 0.25) is 0 Å². The molecule has 0 amide bonds. The van der Waals surface area contributed by atoms with Gasteiger partial charge in [-0.1, -0.05) is 6.07 Å². The summed E-state index contributed by atoms with van der Waals surface area (Å²) in [5.74, 6) is 1.30. The molecule has 6 heteroatoms. The SMILES string of the molecule is Cc1cc(C)c2nc(C)n(Cc3ccc4[nH]c(C5CCOCC5)c(C=O)c4c3)c2n1. The predicted octanol–water partition coefficient (Wildman–Crippen LogP) is 4.59. The number of aromatic amines is 1. The highest BCUT2D eigenvalue weighted by atomic mass is 16.5. The topological polar surface area (TPSA) is 72.8 Å². The first-order valence-electron chi connectivity index (χ1n) is 10.5. The monoisotopic (exact) mass is 402 g/mol. The van der Waals surface area contributed by atoms with Gasteiger partial charge >= 0.3 is 0 Å². The normalized spacial score (nSPS) is 15.3. The highest BCUT2D eigenvalue weighted by molar-refractivity contribution is 5.99. The molecule has 5 rings (SSSR count). The molecule has 154 valence electrons. The quantitative estimate of drug-likeness (QED) is 0.507. The van der Waals surface area contributed by atoms with Gasteiger partial charge in [-0.3, -0.25) is 4.79 Å². The molecule has 1 aliphatic heterocycles. The molecule has 3 aromatic heterocycles. The third-order valence-electron chi connectivity index (χ3n) is 6.23. The molecule has 1 saturated heterocycles. The zero-order valence-electron chi connectivity index (χ0n) is 17.7. The summed E-state index contributed by atoms with van der Waals surface area (Å²) in [7, 11) is 0. The van der Waals surface area contributed by atoms with Gasteiger partial charge in [0, 0.05) is 47.0 Å². The number of aldehydes is 1. The zero-order valence-corrected chi connectivity index (χ0v) is 17.7. The molecule has 1 fully saturated rings. The van der Waals surface area contributed by atoms with E-state index in [1.807, 2.05) is 13.8 Å². The number of fused-ring (bicyclic) bond motifs is 2. The van der Waals surface area contributed by atoms with Crippen LogP contribution < -0.4 is 0 Å². The van der Waals surface area contributed by atoms with Gasteiger partial charge in [0.25, 0.3) is 0 Å². The van der Waals surface area contributed by atoms with Gasteiger partial charge in [-0.25, -0.2) is 9.97 Å². The molecule has 0 saturated carbocycles. The Morgan fingerprint density at radius 1 is 1.17 bits per heavy atom. The van der Waals surface area contributed by atoms with E-state index >= 15 is 0 Å². The third kappa shape index (κ3) is 3.12. The fraction of sp³-hybridized carbons (Fsp3) is 0.375. The minimum Gasteiger partial charge on any atom is -0.381 e. The first-order valence-corrected chi connectivity index (χ1v) is 10.5. The van der Waals surface area contributed by atoms with Gasteiger partial charge in [0.1, 0.15) is 11.3 Å². The third-order valence-corrected chi connectivity index (χ3v) is 6.23. The van der Waals surface area contributed by atoms with Crippen molar-refractivity contribution in [2.24, 2.45) is 0 Å². The average Bonchev–Trinajstić information content (AvgIpc) is 3.26. The summed E-state index contributed by atoms with van der Waals surface area (Å²) in [6.07, 6.45) is 2.90. The Hall–Kier alpha value is -2.99. The van der Waals surface area contributed by atoms with Crippen LogP contribution in [0.15, 0.2) is 24.3 Å². The Morgan fingerprint density at radius 2 is 1.97 bits per heavy atom. The maximum Gasteiger partial charge on any atom is 0.160 e. The van der Waals surface area contributed by atoms with Gasteiger partial charge in [-0.15, -0.1) is 0 Å². The van der Waals surface area contributed by atoms with E-state index in [1.165, 1.54) is 0 Å². The Kier molecular flexibility index (Phi) is 4.66. The number of imidazole rings is 1. The maximum absolute atomic E-state index is 12.0. The molecule has 4 heterocycles. The van der Waals surface area contributed by atoms with Crippen LogP contribution in [0.4, 0.5) is 0 Å². The lowest BCUT2D eigenvalue weighted by Gasteiger charge is -2.21. The van der Waals surface area contributed by atoms with Gasteiger partial charge in [-0.2, -0.15) is 0 Å². The number of pyridine rings is 1. The lowest BCUT2D eigenvalue weighted by Crippen LogP contribution is -2.15. The molecule has 6 nitrogen and oxygen atoms in total. The van der Waals surface area contributed by atoms with E-state index in [0.717, 1.165) is 88.3 Å². The minimum atomic E-state index is 0.352. The molecule has 30 heavy (non-hydrogen) atoms. The maximum atomic E-state index is 12.0. The highest BCUT2D eigenvalue weighted by Gasteiger charge is 2.22. The average molecular weight is 402 g/mol. The fourth-order valence-electron chi connectivity index (χ4n) is 4.70. The summed E-state index contributed by atoms with van der Waals surface area (Å²) in [5, 5.41) is 0.992. The molecular weight excluding hydrogens is 376 g/mol. The Morgan fingerprint density at radius 3 is 2.73 bits per heavy atom. The first-order chi connectivity index (χ1) is 14.5. The number of hydrogen-bond donors (Lipinski definition) is 1. The molecule has 0 bridgehead atoms. The number of aromatic nitrogens is 4. The highest BCUT2D eigenvalue weighted by Crippen LogP contribution is 2.33. The van der Waals surface area contributed by atoms with E-state index in [1.54, 1.807) is 0 Å². The summed E-state index contributed by atoms with van der Waals surface area (Å²) >= 11 is 0. The first kappa shape index (κ1) is 19.0. The number of benzene rings is 1. The van der Waals surface area contributed by atoms with Crippen molar-refractivity contribution in [3.63, 3.8) is 0 Å². The van der Waals surface area contributed by atoms with Crippen LogP contribution in [0.2, 0.25) is 0 Å². The van der Waals surface area contributed by atoms with Crippen LogP contribution in [0.25, 0.3) is 22.1 Å². The van der Waals surface area contributed by atoms with Crippen LogP contribution in [0.5, 0.6) is 0 Å². The van der Waals surface area contributed by atoms with E-state index in [0.29, 0.717) is 12.5 Å². The smallest absolute Gasteiger partial charge is 0.160 e. The number of nitrogens with one attached hydrogen (secondary N) is 1. The number of aryl methyl sites for hydroxylation is 3. The minimum absolute atomic E-state index is 0.352. The molecule has 0 spiro atoms. The van der Waals surface area contributed by atoms with Crippen molar-refractivity contribution >= 4 is 28.4 Å². The van der Waals surface area contributed by atoms with Gasteiger partial charge in [0.05, 0.1) is 6.54 Å². The van der Waals surface area contributed by atoms with Gasteiger partial charge < -0.3 is 14.3 Å². The van der Waals surface area contributed by atoms with Gasteiger partial charge in [0.15, 0.2) is 11.9 Å². The van der Waals surface area contributed by atoms with Crippen molar-refractivity contribution in [2.75, 3.05) is 13.2 Å². The number of ether oxygens (including phenoxy) is 1. The van der Waals surface area contributed by atoms with E-state index in [4.69, 9.17) is 14.7 Å². The van der Waals surface area contributed by atoms with E-state index in [2.05, 4.69) is 40.7 Å². The van der Waals surface area contributed by atoms with Crippen LogP contribution in [-0.2, 0) is 11.3 Å². The van der Waals surface area contributed by atoms with Crippen LogP contribution in [-0.4, -0.2) is 39.0 Å². The summed E-state index contributed by atoms with van der Waals surface area (Å²) in [6.45, 7) is 8.29. The Labute approximate surface area is 175 Å². The lowest BCUT2D eigenvalue weighted by atomic mass is 9.93. The fourth-order valence-corrected chi connectivity index (χ4v) is 4.70. The summed E-state index contributed by atoms with van der Waals surface area (Å²) in [4.78, 5) is 25.0. The van der Waals surface area contributed by atoms with E-state index in [9.17, 15) is 4.79 Å². The lowest BCUT2D eigenvalue weighted by molar-refractivity contribution is 0.0842. The summed E-state index contributed by atoms with van der Waals surface area (Å²) in [5.41, 5.74) is 7.99. The van der Waals surface area contributed by atoms with E-state index < -0.39 is 0 Å². The zero-order chi connectivity index (χ0) is 20.8. The number of hydrogen-bond acceptors (Lipinski definition) is 4. The van der Waals surface area contributed by atoms with Crippen LogP contribution in [0.3, 0.4) is 0 Å². The van der Waals surface area contributed by atoms with Crippen molar-refractivity contribution in [3.05, 3.63) is 58.2 Å². The number of H-pyrrole nitrogens is 1. The second-order valence-corrected chi connectivity index (χ2v) is 8.33. The van der Waals surface area contributed by atoms with Crippen LogP contribution in [0.1, 0.15) is 57.5 Å². The largest absolute Gasteiger partial charge is 0.381 e. The molecule has 4 aromatic rings. The molecular formula is C24H26N4O2. The van der Waals surface area contributed by atoms with Crippen molar-refractivity contribution in [1.82, 2.24) is 19.5 Å². The second-order valence-electron chi connectivity index (χ2n) is 8.33. The number of rotatable bonds is 4. The standard InChI is InChI=1S/C24H26N4O2/c1-14-10-15(2)25-24-22(14)26-16(3)28(24)12-17-4-5-21-19(11-17)20(13-29)23(27-21)18-6-8-30-9-7-18/h4-5,10-11,13,18,27H,6-9,12H2,1-3H3. The van der Waals surface area contributed by atoms with Crippen LogP contribution >= 0.6 is 0 Å². The van der Waals surface area contributed by atoms with Crippen molar-refractivity contribution in [3.8, 4) is 0 Å². The van der Waals surface area contributed by atoms with E-state index in [-0.39, 0.29) is 0 Å². The number of nitrogens with zero attached hydrogens (tertiary/aromatic N) is 3. The molecule has 1 aromatic carbocycles. The molecule has 0 radical (unpaired) electrons. The molecule has 0 unspecified atom stereocenters. The molecule has 1 N–H and O–H groups in total. The molecule has 0 aliphatic carbocycles. The van der Waals surface area contributed by atoms with Crippen molar-refractivity contribution in [2.45, 2.75) is 46.1 Å². The van der Waals surface area contributed by atoms with Gasteiger partial charge in [-0.05, 0) is 62.9 Å². The number of carbonyl (C=O) groups is 1. The second kappa shape index (κ2) is 7.36. The summed E-state index contributed by atoms with van der Waals surface area (Å²) in [6, 6.07) is 8.40. The van der Waals surface area contributed by atoms with Crippen molar-refractivity contribution < 1.29 is 9.53 Å². The summed E-state index contributed by atoms with van der Waals surface area (Å²) < 4.78 is 7.65. The van der Waals surface area contributed by atoms with Crippen LogP contribution in [0, 0.1) is 20.8 Å². The predicted molar refractivity (Wildman–Crippen MR) is 117 cm³/mol. The number of carbonyl (C=O) groups excluding carboxylic acids is 1.